The molecule has 1 N–H and O–H groups in total. The van der Waals surface area contributed by atoms with Gasteiger partial charge in [-0.05, 0) is 50.7 Å². The van der Waals surface area contributed by atoms with Crippen LogP contribution in [0.3, 0.4) is 0 Å². The molecule has 0 bridgehead atoms. The fourth-order valence-electron chi connectivity index (χ4n) is 7.10. The van der Waals surface area contributed by atoms with E-state index in [0.29, 0.717) is 0 Å². The minimum atomic E-state index is 0.769. The number of nitrogens with zero attached hydrogens (tertiary/aromatic N) is 3. The van der Waals surface area contributed by atoms with Crippen molar-refractivity contribution in [2.75, 3.05) is 0 Å². The third-order valence-electron chi connectivity index (χ3n) is 9.28. The number of H-pyrrole nitrogens is 1. The van der Waals surface area contributed by atoms with Crippen molar-refractivity contribution in [1.82, 2.24) is 20.4 Å². The highest BCUT2D eigenvalue weighted by Gasteiger charge is 2.27. The van der Waals surface area contributed by atoms with Gasteiger partial charge < -0.3 is 4.98 Å². The lowest BCUT2D eigenvalue weighted by atomic mass is 9.83. The molecule has 2 aromatic heterocycles. The second kappa shape index (κ2) is 12.2. The molecule has 230 valence electrons. The van der Waals surface area contributed by atoms with E-state index in [4.69, 9.17) is 10.2 Å². The molecule has 0 radical (unpaired) electrons. The highest BCUT2D eigenvalue weighted by molar-refractivity contribution is 6.19. The van der Waals surface area contributed by atoms with E-state index in [1.165, 1.54) is 0 Å². The Bertz CT molecular complexity index is 2580. The molecular formula is C45H30N4. The maximum absolute atomic E-state index is 5.01. The zero-order valence-electron chi connectivity index (χ0n) is 26.6. The molecule has 0 fully saturated rings. The Balaban J connectivity index is 1.50. The smallest absolute Gasteiger partial charge is 0.108 e. The molecular weight excluding hydrogens is 597 g/mol. The number of hydrogen-bond donors (Lipinski definition) is 1. The Hall–Kier alpha value is -6.65. The molecule has 0 aliphatic heterocycles. The molecule has 49 heavy (non-hydrogen) atoms. The van der Waals surface area contributed by atoms with Gasteiger partial charge in [0.2, 0.25) is 0 Å². The van der Waals surface area contributed by atoms with Gasteiger partial charge in [-0.3, -0.25) is 0 Å². The van der Waals surface area contributed by atoms with Gasteiger partial charge in [0.15, 0.2) is 0 Å². The molecule has 4 heteroatoms. The van der Waals surface area contributed by atoms with Crippen molar-refractivity contribution in [1.29, 1.82) is 0 Å². The van der Waals surface area contributed by atoms with Gasteiger partial charge >= 0.3 is 0 Å². The summed E-state index contributed by atoms with van der Waals surface area (Å²) in [4.78, 5) is 3.83. The third-order valence-corrected chi connectivity index (χ3v) is 9.28. The van der Waals surface area contributed by atoms with Crippen LogP contribution in [0.25, 0.3) is 88.8 Å². The Kier molecular flexibility index (Phi) is 7.10. The predicted molar refractivity (Wildman–Crippen MR) is 202 cm³/mol. The molecule has 0 spiro atoms. The van der Waals surface area contributed by atoms with E-state index in [-0.39, 0.29) is 0 Å². The Labute approximate surface area is 284 Å². The number of benzene rings is 7. The minimum Gasteiger partial charge on any atom is -0.354 e. The van der Waals surface area contributed by atoms with Gasteiger partial charge in [0.25, 0.3) is 0 Å². The molecule has 9 rings (SSSR count). The molecule has 9 aromatic rings. The van der Waals surface area contributed by atoms with Gasteiger partial charge in [-0.25, -0.2) is 0 Å². The van der Waals surface area contributed by atoms with E-state index >= 15 is 0 Å². The number of fused-ring (bicyclic) bond motifs is 3. The molecule has 0 saturated heterocycles. The van der Waals surface area contributed by atoms with Crippen molar-refractivity contribution in [2.45, 2.75) is 0 Å². The average molecular weight is 627 g/mol. The SMILES string of the molecule is c1ccc(-c2ccccc2-c2c(-c3ccccc3)nnnc2-c2c(-c3ccccc3)c(-c3ccccc3)cc3c2[nH]c2ccccc23)cc1. The molecule has 0 aliphatic carbocycles. The van der Waals surface area contributed by atoms with Crippen LogP contribution in [0.2, 0.25) is 0 Å². The van der Waals surface area contributed by atoms with Crippen LogP contribution in [0.15, 0.2) is 176 Å². The first-order chi connectivity index (χ1) is 24.3. The normalized spacial score (nSPS) is 11.3. The average Bonchev–Trinajstić information content (AvgIpc) is 3.56. The number of aromatic amines is 1. The first-order valence-electron chi connectivity index (χ1n) is 16.5. The van der Waals surface area contributed by atoms with Crippen molar-refractivity contribution < 1.29 is 0 Å². The topological polar surface area (TPSA) is 54.5 Å². The van der Waals surface area contributed by atoms with Crippen LogP contribution in [0.4, 0.5) is 0 Å². The fraction of sp³-hybridized carbons (Fsp3) is 0. The van der Waals surface area contributed by atoms with Gasteiger partial charge in [-0.15, -0.1) is 10.2 Å². The maximum atomic E-state index is 5.01. The Morgan fingerprint density at radius 3 is 1.53 bits per heavy atom. The van der Waals surface area contributed by atoms with E-state index < -0.39 is 0 Å². The lowest BCUT2D eigenvalue weighted by molar-refractivity contribution is 0.879. The van der Waals surface area contributed by atoms with Crippen LogP contribution in [0.1, 0.15) is 0 Å². The van der Waals surface area contributed by atoms with E-state index in [0.717, 1.165) is 88.8 Å². The Morgan fingerprint density at radius 2 is 0.857 bits per heavy atom. The third kappa shape index (κ3) is 4.98. The lowest BCUT2D eigenvalue weighted by Crippen LogP contribution is -2.03. The van der Waals surface area contributed by atoms with E-state index in [1.807, 2.05) is 18.2 Å². The second-order valence-corrected chi connectivity index (χ2v) is 12.1. The zero-order chi connectivity index (χ0) is 32.6. The van der Waals surface area contributed by atoms with Gasteiger partial charge in [0.1, 0.15) is 11.4 Å². The summed E-state index contributed by atoms with van der Waals surface area (Å²) in [5.41, 5.74) is 14.2. The molecule has 0 aliphatic rings. The van der Waals surface area contributed by atoms with Crippen LogP contribution in [-0.2, 0) is 0 Å². The maximum Gasteiger partial charge on any atom is 0.108 e. The van der Waals surface area contributed by atoms with Crippen LogP contribution in [0, 0.1) is 0 Å². The number of para-hydroxylation sites is 1. The van der Waals surface area contributed by atoms with Gasteiger partial charge in [-0.1, -0.05) is 164 Å². The summed E-state index contributed by atoms with van der Waals surface area (Å²) in [7, 11) is 0. The summed E-state index contributed by atoms with van der Waals surface area (Å²) in [6, 6.07) is 61.5. The van der Waals surface area contributed by atoms with Crippen molar-refractivity contribution in [2.24, 2.45) is 0 Å². The summed E-state index contributed by atoms with van der Waals surface area (Å²) in [6.45, 7) is 0. The first kappa shape index (κ1) is 28.6. The van der Waals surface area contributed by atoms with Crippen molar-refractivity contribution in [3.05, 3.63) is 176 Å². The summed E-state index contributed by atoms with van der Waals surface area (Å²) in [5, 5.41) is 16.6. The highest BCUT2D eigenvalue weighted by atomic mass is 15.3. The zero-order valence-corrected chi connectivity index (χ0v) is 26.6. The molecule has 0 saturated carbocycles. The molecule has 0 atom stereocenters. The van der Waals surface area contributed by atoms with Crippen molar-refractivity contribution >= 4 is 21.8 Å². The van der Waals surface area contributed by atoms with Crippen LogP contribution < -0.4 is 0 Å². The second-order valence-electron chi connectivity index (χ2n) is 12.1. The molecule has 0 amide bonds. The summed E-state index contributed by atoms with van der Waals surface area (Å²) in [6.07, 6.45) is 0. The predicted octanol–water partition coefficient (Wildman–Crippen LogP) is 11.5. The molecule has 0 unspecified atom stereocenters. The van der Waals surface area contributed by atoms with Crippen molar-refractivity contribution in [3.8, 4) is 67.0 Å². The van der Waals surface area contributed by atoms with E-state index in [9.17, 15) is 0 Å². The highest BCUT2D eigenvalue weighted by Crippen LogP contribution is 2.50. The molecule has 2 heterocycles. The molecule has 4 nitrogen and oxygen atoms in total. The van der Waals surface area contributed by atoms with Crippen molar-refractivity contribution in [3.63, 3.8) is 0 Å². The summed E-state index contributed by atoms with van der Waals surface area (Å²) in [5.74, 6) is 0. The number of nitrogens with one attached hydrogen (secondary N) is 1. The van der Waals surface area contributed by atoms with Crippen LogP contribution >= 0.6 is 0 Å². The number of hydrogen-bond acceptors (Lipinski definition) is 3. The lowest BCUT2D eigenvalue weighted by Gasteiger charge is -2.21. The number of rotatable bonds is 6. The largest absolute Gasteiger partial charge is 0.354 e. The monoisotopic (exact) mass is 626 g/mol. The summed E-state index contributed by atoms with van der Waals surface area (Å²) >= 11 is 0. The minimum absolute atomic E-state index is 0.769. The molecule has 7 aromatic carbocycles. The van der Waals surface area contributed by atoms with Crippen LogP contribution in [0.5, 0.6) is 0 Å². The van der Waals surface area contributed by atoms with Gasteiger partial charge in [0, 0.05) is 38.5 Å². The Morgan fingerprint density at radius 1 is 0.347 bits per heavy atom. The van der Waals surface area contributed by atoms with Gasteiger partial charge in [-0.2, -0.15) is 0 Å². The van der Waals surface area contributed by atoms with Gasteiger partial charge in [0.05, 0.1) is 5.52 Å². The first-order valence-corrected chi connectivity index (χ1v) is 16.5. The standard InChI is InChI=1S/C45H30N4/c1-5-17-30(18-6-1)34-25-13-14-27-36(34)41-43(33-23-11-4-12-24-33)47-49-48-45(41)42-40(32-21-9-3-10-22-32)37(31-19-7-2-8-20-31)29-38-35-26-15-16-28-39(35)46-44(38)42/h1-29,46H. The summed E-state index contributed by atoms with van der Waals surface area (Å²) < 4.78 is 0. The number of aromatic nitrogens is 4. The van der Waals surface area contributed by atoms with E-state index in [1.54, 1.807) is 0 Å². The fourth-order valence-corrected chi connectivity index (χ4v) is 7.10. The quantitative estimate of drug-likeness (QED) is 0.200. The van der Waals surface area contributed by atoms with Crippen LogP contribution in [-0.4, -0.2) is 20.4 Å². The van der Waals surface area contributed by atoms with E-state index in [2.05, 4.69) is 168 Å².